The molecule has 5 nitrogen and oxygen atoms in total. The van der Waals surface area contributed by atoms with Gasteiger partial charge in [0.05, 0.1) is 0 Å². The van der Waals surface area contributed by atoms with Gasteiger partial charge in [-0.05, 0) is 18.9 Å². The molecule has 0 aliphatic carbocycles. The van der Waals surface area contributed by atoms with Crippen LogP contribution in [-0.4, -0.2) is 34.8 Å². The summed E-state index contributed by atoms with van der Waals surface area (Å²) in [5.41, 5.74) is 0. The van der Waals surface area contributed by atoms with Crippen molar-refractivity contribution < 1.29 is 5.11 Å². The van der Waals surface area contributed by atoms with Gasteiger partial charge in [0.15, 0.2) is 0 Å². The molecule has 0 aliphatic rings. The van der Waals surface area contributed by atoms with E-state index in [9.17, 15) is 0 Å². The normalized spacial score (nSPS) is 14.4. The first-order valence-corrected chi connectivity index (χ1v) is 5.05. The summed E-state index contributed by atoms with van der Waals surface area (Å²) in [5.74, 6) is 1.55. The average molecular weight is 210 g/mol. The molecule has 5 heteroatoms. The van der Waals surface area contributed by atoms with Crippen molar-refractivity contribution in [3.8, 4) is 0 Å². The first-order chi connectivity index (χ1) is 7.17. The minimum atomic E-state index is 0.165. The SMILES string of the molecule is CNc1nccc(NC(C)C(C)CO)n1. The Labute approximate surface area is 90.0 Å². The van der Waals surface area contributed by atoms with Crippen LogP contribution in [0.15, 0.2) is 12.3 Å². The first kappa shape index (κ1) is 11.7. The molecule has 84 valence electrons. The Morgan fingerprint density at radius 1 is 1.47 bits per heavy atom. The van der Waals surface area contributed by atoms with Crippen LogP contribution < -0.4 is 10.6 Å². The molecule has 0 saturated heterocycles. The number of aliphatic hydroxyl groups excluding tert-OH is 1. The second kappa shape index (κ2) is 5.50. The van der Waals surface area contributed by atoms with Gasteiger partial charge in [-0.15, -0.1) is 0 Å². The second-order valence-electron chi connectivity index (χ2n) is 3.61. The van der Waals surface area contributed by atoms with E-state index >= 15 is 0 Å². The van der Waals surface area contributed by atoms with Crippen LogP contribution in [0.5, 0.6) is 0 Å². The van der Waals surface area contributed by atoms with Gasteiger partial charge in [0.25, 0.3) is 0 Å². The number of nitrogens with zero attached hydrogens (tertiary/aromatic N) is 2. The van der Waals surface area contributed by atoms with Crippen molar-refractivity contribution in [3.63, 3.8) is 0 Å². The van der Waals surface area contributed by atoms with Gasteiger partial charge in [-0.25, -0.2) is 4.98 Å². The number of nitrogens with one attached hydrogen (secondary N) is 2. The Hall–Kier alpha value is -1.36. The van der Waals surface area contributed by atoms with Crippen molar-refractivity contribution in [1.29, 1.82) is 0 Å². The highest BCUT2D eigenvalue weighted by Crippen LogP contribution is 2.10. The topological polar surface area (TPSA) is 70.1 Å². The summed E-state index contributed by atoms with van der Waals surface area (Å²) in [6, 6.07) is 1.98. The zero-order valence-corrected chi connectivity index (χ0v) is 9.36. The van der Waals surface area contributed by atoms with Gasteiger partial charge in [-0.3, -0.25) is 0 Å². The van der Waals surface area contributed by atoms with Crippen LogP contribution in [-0.2, 0) is 0 Å². The fraction of sp³-hybridized carbons (Fsp3) is 0.600. The Morgan fingerprint density at radius 3 is 2.80 bits per heavy atom. The van der Waals surface area contributed by atoms with Crippen LogP contribution in [0.2, 0.25) is 0 Å². The fourth-order valence-corrected chi connectivity index (χ4v) is 1.09. The maximum Gasteiger partial charge on any atom is 0.224 e. The lowest BCUT2D eigenvalue weighted by Crippen LogP contribution is -2.26. The van der Waals surface area contributed by atoms with E-state index in [1.165, 1.54) is 0 Å². The molecule has 2 unspecified atom stereocenters. The smallest absolute Gasteiger partial charge is 0.224 e. The van der Waals surface area contributed by atoms with Gasteiger partial charge in [0.2, 0.25) is 5.95 Å². The monoisotopic (exact) mass is 210 g/mol. The minimum Gasteiger partial charge on any atom is -0.396 e. The third-order valence-electron chi connectivity index (χ3n) is 2.40. The van der Waals surface area contributed by atoms with Gasteiger partial charge in [0, 0.05) is 25.9 Å². The Balaban J connectivity index is 2.63. The van der Waals surface area contributed by atoms with E-state index in [1.54, 1.807) is 19.3 Å². The summed E-state index contributed by atoms with van der Waals surface area (Å²) in [7, 11) is 1.78. The standard InChI is InChI=1S/C10H18N4O/c1-7(6-15)8(2)13-9-4-5-12-10(11-3)14-9/h4-5,7-8,15H,6H2,1-3H3,(H2,11,12,13,14). The van der Waals surface area contributed by atoms with Crippen molar-refractivity contribution in [2.45, 2.75) is 19.9 Å². The zero-order chi connectivity index (χ0) is 11.3. The van der Waals surface area contributed by atoms with E-state index in [4.69, 9.17) is 5.11 Å². The molecule has 15 heavy (non-hydrogen) atoms. The first-order valence-electron chi connectivity index (χ1n) is 5.05. The largest absolute Gasteiger partial charge is 0.396 e. The van der Waals surface area contributed by atoms with Crippen LogP contribution >= 0.6 is 0 Å². The van der Waals surface area contributed by atoms with Crippen LogP contribution in [0.1, 0.15) is 13.8 Å². The number of rotatable bonds is 5. The zero-order valence-electron chi connectivity index (χ0n) is 9.36. The van der Waals surface area contributed by atoms with Gasteiger partial charge in [0.1, 0.15) is 5.82 Å². The number of aromatic nitrogens is 2. The molecular formula is C10H18N4O. The molecule has 1 aromatic heterocycles. The number of hydrogen-bond donors (Lipinski definition) is 3. The van der Waals surface area contributed by atoms with Crippen LogP contribution in [0.4, 0.5) is 11.8 Å². The molecule has 0 bridgehead atoms. The Morgan fingerprint density at radius 2 is 2.20 bits per heavy atom. The average Bonchev–Trinajstić information content (AvgIpc) is 2.28. The van der Waals surface area contributed by atoms with E-state index in [-0.39, 0.29) is 18.6 Å². The summed E-state index contributed by atoms with van der Waals surface area (Å²) in [6.45, 7) is 4.16. The molecule has 0 aliphatic heterocycles. The minimum absolute atomic E-state index is 0.165. The number of hydrogen-bond acceptors (Lipinski definition) is 5. The van der Waals surface area contributed by atoms with Crippen molar-refractivity contribution >= 4 is 11.8 Å². The van der Waals surface area contributed by atoms with E-state index < -0.39 is 0 Å². The highest BCUT2D eigenvalue weighted by atomic mass is 16.3. The number of aliphatic hydroxyl groups is 1. The Kier molecular flexibility index (Phi) is 4.30. The lowest BCUT2D eigenvalue weighted by Gasteiger charge is -2.19. The second-order valence-corrected chi connectivity index (χ2v) is 3.61. The van der Waals surface area contributed by atoms with E-state index in [1.807, 2.05) is 13.8 Å². The van der Waals surface area contributed by atoms with Crippen molar-refractivity contribution in [2.75, 3.05) is 24.3 Å². The summed E-state index contributed by atoms with van der Waals surface area (Å²) >= 11 is 0. The van der Waals surface area contributed by atoms with E-state index in [0.29, 0.717) is 5.95 Å². The molecule has 0 saturated carbocycles. The molecule has 0 fully saturated rings. The summed E-state index contributed by atoms with van der Waals surface area (Å²) < 4.78 is 0. The molecule has 1 rings (SSSR count). The maximum absolute atomic E-state index is 9.00. The van der Waals surface area contributed by atoms with E-state index in [0.717, 1.165) is 5.82 Å². The molecule has 1 aromatic rings. The van der Waals surface area contributed by atoms with E-state index in [2.05, 4.69) is 20.6 Å². The van der Waals surface area contributed by atoms with Crippen LogP contribution in [0, 0.1) is 5.92 Å². The molecule has 0 radical (unpaired) electrons. The molecule has 2 atom stereocenters. The summed E-state index contributed by atoms with van der Waals surface area (Å²) in [5, 5.41) is 15.1. The van der Waals surface area contributed by atoms with Gasteiger partial charge in [-0.1, -0.05) is 6.92 Å². The molecule has 0 amide bonds. The van der Waals surface area contributed by atoms with Gasteiger partial charge in [-0.2, -0.15) is 4.98 Å². The molecule has 3 N–H and O–H groups in total. The summed E-state index contributed by atoms with van der Waals surface area (Å²) in [6.07, 6.45) is 1.69. The fourth-order valence-electron chi connectivity index (χ4n) is 1.09. The maximum atomic E-state index is 9.00. The summed E-state index contributed by atoms with van der Waals surface area (Å²) in [4.78, 5) is 8.25. The van der Waals surface area contributed by atoms with Crippen molar-refractivity contribution in [2.24, 2.45) is 5.92 Å². The molecule has 0 aromatic carbocycles. The van der Waals surface area contributed by atoms with Gasteiger partial charge < -0.3 is 15.7 Å². The molecule has 0 spiro atoms. The highest BCUT2D eigenvalue weighted by Gasteiger charge is 2.11. The lowest BCUT2D eigenvalue weighted by atomic mass is 10.1. The predicted molar refractivity (Wildman–Crippen MR) is 60.9 cm³/mol. The number of anilines is 2. The van der Waals surface area contributed by atoms with Crippen molar-refractivity contribution in [1.82, 2.24) is 9.97 Å². The van der Waals surface area contributed by atoms with Gasteiger partial charge >= 0.3 is 0 Å². The quantitative estimate of drug-likeness (QED) is 0.675. The Bertz CT molecular complexity index is 305. The van der Waals surface area contributed by atoms with Crippen molar-refractivity contribution in [3.05, 3.63) is 12.3 Å². The van der Waals surface area contributed by atoms with Crippen LogP contribution in [0.25, 0.3) is 0 Å². The lowest BCUT2D eigenvalue weighted by molar-refractivity contribution is 0.226. The molecular weight excluding hydrogens is 192 g/mol. The van der Waals surface area contributed by atoms with Crippen LogP contribution in [0.3, 0.4) is 0 Å². The predicted octanol–water partition coefficient (Wildman–Crippen LogP) is 0.947. The highest BCUT2D eigenvalue weighted by molar-refractivity contribution is 5.39. The molecule has 1 heterocycles. The third kappa shape index (κ3) is 3.36. The third-order valence-corrected chi connectivity index (χ3v) is 2.40.